The maximum Gasteiger partial charge on any atom is 0.113 e. The number of halogens is 1. The van der Waals surface area contributed by atoms with E-state index in [0.29, 0.717) is 0 Å². The van der Waals surface area contributed by atoms with E-state index in [1.54, 1.807) is 6.20 Å². The van der Waals surface area contributed by atoms with Crippen molar-refractivity contribution in [1.29, 1.82) is 0 Å². The highest BCUT2D eigenvalue weighted by molar-refractivity contribution is 7.15. The maximum atomic E-state index is 5.82. The summed E-state index contributed by atoms with van der Waals surface area (Å²) in [5, 5.41) is 8.77. The Kier molecular flexibility index (Phi) is 4.15. The lowest BCUT2D eigenvalue weighted by Gasteiger charge is -2.01. The molecular weight excluding hydrogens is 256 g/mol. The average Bonchev–Trinajstić information content (AvgIpc) is 2.85. The minimum atomic E-state index is 0.734. The molecule has 0 aromatic carbocycles. The predicted molar refractivity (Wildman–Crippen MR) is 70.3 cm³/mol. The zero-order valence-electron chi connectivity index (χ0n) is 9.90. The molecule has 1 N–H and O–H groups in total. The molecular formula is C11H15ClN4S. The first-order valence-corrected chi connectivity index (χ1v) is 6.70. The smallest absolute Gasteiger partial charge is 0.113 e. The van der Waals surface area contributed by atoms with Gasteiger partial charge in [0.15, 0.2) is 0 Å². The molecule has 0 aliphatic rings. The standard InChI is InChI=1S/C11H15ClN4S/c1-3-9-8(7-16(2)15-9)4-13-6-11-14-5-10(12)17-11/h5,7,13H,3-4,6H2,1-2H3. The molecule has 2 aromatic rings. The summed E-state index contributed by atoms with van der Waals surface area (Å²) in [4.78, 5) is 4.20. The molecule has 2 rings (SSSR count). The summed E-state index contributed by atoms with van der Waals surface area (Å²) in [6.45, 7) is 3.68. The summed E-state index contributed by atoms with van der Waals surface area (Å²) in [5.74, 6) is 0. The number of aryl methyl sites for hydroxylation is 2. The van der Waals surface area contributed by atoms with Crippen LogP contribution in [0.15, 0.2) is 12.4 Å². The monoisotopic (exact) mass is 270 g/mol. The summed E-state index contributed by atoms with van der Waals surface area (Å²) in [6, 6.07) is 0. The molecule has 17 heavy (non-hydrogen) atoms. The fourth-order valence-corrected chi connectivity index (χ4v) is 2.63. The number of nitrogens with zero attached hydrogens (tertiary/aromatic N) is 3. The summed E-state index contributed by atoms with van der Waals surface area (Å²) < 4.78 is 2.59. The molecule has 2 aromatic heterocycles. The van der Waals surface area contributed by atoms with Crippen molar-refractivity contribution < 1.29 is 0 Å². The van der Waals surface area contributed by atoms with Crippen LogP contribution < -0.4 is 5.32 Å². The van der Waals surface area contributed by atoms with Gasteiger partial charge in [0, 0.05) is 31.9 Å². The minimum absolute atomic E-state index is 0.734. The molecule has 0 aliphatic heterocycles. The van der Waals surface area contributed by atoms with Gasteiger partial charge in [0.05, 0.1) is 11.9 Å². The first-order valence-electron chi connectivity index (χ1n) is 5.51. The molecule has 0 fully saturated rings. The predicted octanol–water partition coefficient (Wildman–Crippen LogP) is 2.38. The van der Waals surface area contributed by atoms with Gasteiger partial charge in [0.2, 0.25) is 0 Å². The molecule has 0 bridgehead atoms. The second-order valence-corrected chi connectivity index (χ2v) is 5.54. The van der Waals surface area contributed by atoms with Crippen LogP contribution in [-0.4, -0.2) is 14.8 Å². The molecule has 0 saturated carbocycles. The fourth-order valence-electron chi connectivity index (χ4n) is 1.70. The van der Waals surface area contributed by atoms with Gasteiger partial charge in [-0.05, 0) is 6.42 Å². The zero-order valence-corrected chi connectivity index (χ0v) is 11.5. The third kappa shape index (κ3) is 3.28. The maximum absolute atomic E-state index is 5.82. The number of thiazole rings is 1. The molecule has 0 spiro atoms. The van der Waals surface area contributed by atoms with E-state index in [2.05, 4.69) is 28.5 Å². The van der Waals surface area contributed by atoms with Gasteiger partial charge in [-0.3, -0.25) is 4.68 Å². The van der Waals surface area contributed by atoms with E-state index in [1.165, 1.54) is 16.9 Å². The Balaban J connectivity index is 1.89. The molecule has 0 unspecified atom stereocenters. The van der Waals surface area contributed by atoms with Crippen molar-refractivity contribution in [3.8, 4) is 0 Å². The van der Waals surface area contributed by atoms with Crippen molar-refractivity contribution in [3.05, 3.63) is 33.0 Å². The number of hydrogen-bond donors (Lipinski definition) is 1. The van der Waals surface area contributed by atoms with Crippen LogP contribution in [0.2, 0.25) is 4.34 Å². The molecule has 0 atom stereocenters. The Morgan fingerprint density at radius 1 is 1.47 bits per heavy atom. The van der Waals surface area contributed by atoms with Gasteiger partial charge >= 0.3 is 0 Å². The highest BCUT2D eigenvalue weighted by atomic mass is 35.5. The zero-order chi connectivity index (χ0) is 12.3. The minimum Gasteiger partial charge on any atom is -0.306 e. The van der Waals surface area contributed by atoms with Crippen LogP contribution in [0.1, 0.15) is 23.2 Å². The average molecular weight is 271 g/mol. The third-order valence-electron chi connectivity index (χ3n) is 2.44. The Labute approximate surface area is 110 Å². The van der Waals surface area contributed by atoms with E-state index in [-0.39, 0.29) is 0 Å². The van der Waals surface area contributed by atoms with Crippen molar-refractivity contribution in [2.75, 3.05) is 0 Å². The van der Waals surface area contributed by atoms with Gasteiger partial charge in [0.1, 0.15) is 9.34 Å². The number of nitrogens with one attached hydrogen (secondary N) is 1. The van der Waals surface area contributed by atoms with Crippen LogP contribution in [0.4, 0.5) is 0 Å². The summed E-state index contributed by atoms with van der Waals surface area (Å²) in [7, 11) is 1.95. The van der Waals surface area contributed by atoms with Crippen LogP contribution in [0.5, 0.6) is 0 Å². The van der Waals surface area contributed by atoms with Crippen LogP contribution in [0.3, 0.4) is 0 Å². The van der Waals surface area contributed by atoms with Gasteiger partial charge in [-0.1, -0.05) is 18.5 Å². The third-order valence-corrected chi connectivity index (χ3v) is 3.56. The largest absolute Gasteiger partial charge is 0.306 e. The van der Waals surface area contributed by atoms with Gasteiger partial charge < -0.3 is 5.32 Å². The van der Waals surface area contributed by atoms with Crippen molar-refractivity contribution in [2.45, 2.75) is 26.4 Å². The van der Waals surface area contributed by atoms with Gasteiger partial charge in [-0.15, -0.1) is 11.3 Å². The van der Waals surface area contributed by atoms with Gasteiger partial charge in [0.25, 0.3) is 0 Å². The lowest BCUT2D eigenvalue weighted by atomic mass is 10.2. The topological polar surface area (TPSA) is 42.7 Å². The normalized spacial score (nSPS) is 11.0. The number of aromatic nitrogens is 3. The fraction of sp³-hybridized carbons (Fsp3) is 0.455. The van der Waals surface area contributed by atoms with Crippen molar-refractivity contribution in [1.82, 2.24) is 20.1 Å². The van der Waals surface area contributed by atoms with Crippen LogP contribution in [0.25, 0.3) is 0 Å². The number of hydrogen-bond acceptors (Lipinski definition) is 4. The highest BCUT2D eigenvalue weighted by Crippen LogP contribution is 2.18. The SMILES string of the molecule is CCc1nn(C)cc1CNCc1ncc(Cl)s1. The first kappa shape index (κ1) is 12.5. The Morgan fingerprint density at radius 2 is 2.29 bits per heavy atom. The highest BCUT2D eigenvalue weighted by Gasteiger charge is 2.05. The second kappa shape index (κ2) is 5.62. The molecule has 2 heterocycles. The first-order chi connectivity index (χ1) is 8.19. The van der Waals surface area contributed by atoms with Crippen LogP contribution in [0, 0.1) is 0 Å². The van der Waals surface area contributed by atoms with Crippen molar-refractivity contribution in [2.24, 2.45) is 7.05 Å². The van der Waals surface area contributed by atoms with E-state index in [4.69, 9.17) is 11.6 Å². The molecule has 0 amide bonds. The summed E-state index contributed by atoms with van der Waals surface area (Å²) in [6.07, 6.45) is 4.70. The molecule has 0 saturated heterocycles. The Hall–Kier alpha value is -0.910. The Morgan fingerprint density at radius 3 is 2.94 bits per heavy atom. The molecule has 0 radical (unpaired) electrons. The van der Waals surface area contributed by atoms with Crippen molar-refractivity contribution in [3.63, 3.8) is 0 Å². The van der Waals surface area contributed by atoms with Gasteiger partial charge in [-0.2, -0.15) is 5.10 Å². The second-order valence-electron chi connectivity index (χ2n) is 3.79. The van der Waals surface area contributed by atoms with E-state index >= 15 is 0 Å². The lowest BCUT2D eigenvalue weighted by molar-refractivity contribution is 0.685. The van der Waals surface area contributed by atoms with E-state index in [9.17, 15) is 0 Å². The molecule has 92 valence electrons. The van der Waals surface area contributed by atoms with Crippen molar-refractivity contribution >= 4 is 22.9 Å². The molecule has 6 heteroatoms. The van der Waals surface area contributed by atoms with Crippen LogP contribution >= 0.6 is 22.9 Å². The van der Waals surface area contributed by atoms with E-state index < -0.39 is 0 Å². The molecule has 0 aliphatic carbocycles. The van der Waals surface area contributed by atoms with Crippen LogP contribution in [-0.2, 0) is 26.6 Å². The summed E-state index contributed by atoms with van der Waals surface area (Å²) in [5.41, 5.74) is 2.40. The van der Waals surface area contributed by atoms with Gasteiger partial charge in [-0.25, -0.2) is 4.98 Å². The summed E-state index contributed by atoms with van der Waals surface area (Å²) >= 11 is 7.33. The lowest BCUT2D eigenvalue weighted by Crippen LogP contribution is -2.13. The van der Waals surface area contributed by atoms with E-state index in [0.717, 1.165) is 34.5 Å². The molecule has 4 nitrogen and oxygen atoms in total. The van der Waals surface area contributed by atoms with E-state index in [1.807, 2.05) is 11.7 Å². The Bertz CT molecular complexity index is 491. The quantitative estimate of drug-likeness (QED) is 0.907. The number of rotatable bonds is 5.